The number of hydrogen-bond donors (Lipinski definition) is 1. The van der Waals surface area contributed by atoms with Crippen LogP contribution in [0.15, 0.2) is 35.5 Å². The summed E-state index contributed by atoms with van der Waals surface area (Å²) in [5.41, 5.74) is 3.74. The maximum atomic E-state index is 14.5. The van der Waals surface area contributed by atoms with Gasteiger partial charge in [0, 0.05) is 18.3 Å². The number of ether oxygens (including phenoxy) is 1. The van der Waals surface area contributed by atoms with E-state index in [1.807, 2.05) is 6.07 Å². The number of carbonyl (C=O) groups excluding carboxylic acids is 1. The van der Waals surface area contributed by atoms with Crippen LogP contribution in [0.3, 0.4) is 0 Å². The van der Waals surface area contributed by atoms with E-state index < -0.39 is 41.9 Å². The van der Waals surface area contributed by atoms with E-state index in [-0.39, 0.29) is 29.1 Å². The third kappa shape index (κ3) is 4.37. The topological polar surface area (TPSA) is 114 Å². The predicted molar refractivity (Wildman–Crippen MR) is 95.7 cm³/mol. The van der Waals surface area contributed by atoms with Gasteiger partial charge >= 0.3 is 6.18 Å². The van der Waals surface area contributed by atoms with Crippen molar-refractivity contribution in [2.75, 3.05) is 0 Å². The highest BCUT2D eigenvalue weighted by atomic mass is 19.4. The lowest BCUT2D eigenvalue weighted by Crippen LogP contribution is -2.46. The van der Waals surface area contributed by atoms with Crippen LogP contribution in [0.2, 0.25) is 0 Å². The second-order valence-corrected chi connectivity index (χ2v) is 6.85. The Labute approximate surface area is 168 Å². The number of amidine groups is 1. The maximum Gasteiger partial charge on any atom is 0.425 e. The minimum absolute atomic E-state index is 0.0679. The molecule has 0 unspecified atom stereocenters. The number of aromatic nitrogens is 2. The lowest BCUT2D eigenvalue weighted by atomic mass is 9.89. The molecule has 156 valence electrons. The summed E-state index contributed by atoms with van der Waals surface area (Å²) in [6, 6.07) is 6.18. The Hall–Kier alpha value is -3.55. The summed E-state index contributed by atoms with van der Waals surface area (Å²) in [6.07, 6.45) is -6.77. The molecule has 0 amide bonds. The number of nitrogens with zero attached hydrogens (tertiary/aromatic N) is 4. The molecule has 2 aromatic heterocycles. The molecule has 2 atom stereocenters. The lowest BCUT2D eigenvalue weighted by Gasteiger charge is -2.35. The Balaban J connectivity index is 1.90. The molecule has 3 rings (SSSR count). The van der Waals surface area contributed by atoms with Gasteiger partial charge in [-0.1, -0.05) is 0 Å². The third-order valence-corrected chi connectivity index (χ3v) is 4.50. The van der Waals surface area contributed by atoms with Crippen molar-refractivity contribution < 1.29 is 27.1 Å². The maximum absolute atomic E-state index is 14.5. The van der Waals surface area contributed by atoms with Crippen LogP contribution in [-0.4, -0.2) is 34.1 Å². The first-order valence-corrected chi connectivity index (χ1v) is 8.66. The van der Waals surface area contributed by atoms with Gasteiger partial charge in [-0.15, -0.1) is 0 Å². The zero-order valence-electron chi connectivity index (χ0n) is 15.6. The van der Waals surface area contributed by atoms with Gasteiger partial charge in [0.25, 0.3) is 6.02 Å². The van der Waals surface area contributed by atoms with Gasteiger partial charge in [0.15, 0.2) is 11.9 Å². The molecular formula is C19H15F4N5O2. The normalized spacial score (nSPS) is 21.3. The van der Waals surface area contributed by atoms with E-state index in [9.17, 15) is 22.4 Å². The molecule has 0 spiro atoms. The molecule has 11 heteroatoms. The predicted octanol–water partition coefficient (Wildman–Crippen LogP) is 2.79. The summed E-state index contributed by atoms with van der Waals surface area (Å²) < 4.78 is 58.5. The highest BCUT2D eigenvalue weighted by Crippen LogP contribution is 2.40. The van der Waals surface area contributed by atoms with Crippen LogP contribution in [0, 0.1) is 17.1 Å². The number of alkyl halides is 3. The average Bonchev–Trinajstić information content (AvgIpc) is 2.68. The molecular weight excluding hydrogens is 406 g/mol. The molecule has 0 bridgehead atoms. The number of halogens is 4. The van der Waals surface area contributed by atoms with Crippen LogP contribution < -0.4 is 5.73 Å². The van der Waals surface area contributed by atoms with Gasteiger partial charge in [-0.3, -0.25) is 14.8 Å². The summed E-state index contributed by atoms with van der Waals surface area (Å²) in [5, 5.41) is 8.78. The standard InChI is InChI=1S/C19H15F4N5O2/c1-18(7-15(19(21,22)23)30-17(25)28-18)16-12(20)4-3-11(27-16)6-14(29)13-5-2-10(8-24)9-26-13/h2-5,9,15H,6-7H2,1H3,(H2,25,28)/t15-,18-/m0/s1. The van der Waals surface area contributed by atoms with E-state index in [2.05, 4.69) is 19.7 Å². The Kier molecular flexibility index (Phi) is 5.43. The number of aliphatic imine (C=N–C) groups is 1. The Bertz CT molecular complexity index is 1050. The molecule has 0 aliphatic carbocycles. The van der Waals surface area contributed by atoms with Gasteiger partial charge in [0.05, 0.1) is 12.0 Å². The van der Waals surface area contributed by atoms with Gasteiger partial charge < -0.3 is 10.5 Å². The van der Waals surface area contributed by atoms with Crippen molar-refractivity contribution in [2.24, 2.45) is 10.7 Å². The van der Waals surface area contributed by atoms with Gasteiger partial charge in [-0.2, -0.15) is 18.4 Å². The van der Waals surface area contributed by atoms with E-state index >= 15 is 0 Å². The lowest BCUT2D eigenvalue weighted by molar-refractivity contribution is -0.208. The first-order valence-electron chi connectivity index (χ1n) is 8.66. The molecule has 2 N–H and O–H groups in total. The number of nitrogens with two attached hydrogens (primary N) is 1. The summed E-state index contributed by atoms with van der Waals surface area (Å²) in [7, 11) is 0. The van der Waals surface area contributed by atoms with Gasteiger partial charge in [-0.05, 0) is 31.2 Å². The number of ketones is 1. The number of Topliss-reactive ketones (excluding diaryl/α,β-unsaturated/α-hetero) is 1. The van der Waals surface area contributed by atoms with E-state index in [4.69, 9.17) is 11.0 Å². The summed E-state index contributed by atoms with van der Waals surface area (Å²) in [5.74, 6) is -1.34. The molecule has 0 fully saturated rings. The second kappa shape index (κ2) is 7.70. The molecule has 0 saturated carbocycles. The average molecular weight is 421 g/mol. The molecule has 1 aliphatic heterocycles. The van der Waals surface area contributed by atoms with E-state index in [1.54, 1.807) is 0 Å². The number of hydrogen-bond acceptors (Lipinski definition) is 7. The van der Waals surface area contributed by atoms with Crippen molar-refractivity contribution >= 4 is 11.8 Å². The molecule has 1 aliphatic rings. The smallest absolute Gasteiger partial charge is 0.425 e. The zero-order chi connectivity index (χ0) is 22.1. The Morgan fingerprint density at radius 3 is 2.70 bits per heavy atom. The van der Waals surface area contributed by atoms with E-state index in [1.165, 1.54) is 31.3 Å². The van der Waals surface area contributed by atoms with Gasteiger partial charge in [0.2, 0.25) is 0 Å². The number of pyridine rings is 2. The van der Waals surface area contributed by atoms with E-state index in [0.29, 0.717) is 0 Å². The minimum atomic E-state index is -4.73. The molecule has 7 nitrogen and oxygen atoms in total. The highest BCUT2D eigenvalue weighted by molar-refractivity contribution is 5.95. The fourth-order valence-corrected chi connectivity index (χ4v) is 3.03. The minimum Gasteiger partial charge on any atom is -0.452 e. The van der Waals surface area contributed by atoms with Crippen molar-refractivity contribution in [1.82, 2.24) is 9.97 Å². The third-order valence-electron chi connectivity index (χ3n) is 4.50. The van der Waals surface area contributed by atoms with Crippen molar-refractivity contribution in [3.63, 3.8) is 0 Å². The highest BCUT2D eigenvalue weighted by Gasteiger charge is 2.50. The van der Waals surface area contributed by atoms with Crippen molar-refractivity contribution in [3.8, 4) is 6.07 Å². The first-order chi connectivity index (χ1) is 14.0. The molecule has 2 aromatic rings. The van der Waals surface area contributed by atoms with Crippen LogP contribution in [0.1, 0.15) is 40.8 Å². The van der Waals surface area contributed by atoms with Crippen LogP contribution in [0.5, 0.6) is 0 Å². The van der Waals surface area contributed by atoms with E-state index in [0.717, 1.165) is 6.07 Å². The quantitative estimate of drug-likeness (QED) is 0.600. The SMILES string of the molecule is C[C@@]1(c2nc(CC(=O)c3ccc(C#N)cn3)ccc2F)C[C@@H](C(F)(F)F)OC(N)=N1. The van der Waals surface area contributed by atoms with Crippen LogP contribution in [-0.2, 0) is 16.7 Å². The monoisotopic (exact) mass is 421 g/mol. The zero-order valence-corrected chi connectivity index (χ0v) is 15.6. The van der Waals surface area contributed by atoms with Crippen LogP contribution in [0.25, 0.3) is 0 Å². The van der Waals surface area contributed by atoms with Gasteiger partial charge in [0.1, 0.15) is 28.8 Å². The molecule has 0 aromatic carbocycles. The first kappa shape index (κ1) is 21.2. The molecule has 30 heavy (non-hydrogen) atoms. The second-order valence-electron chi connectivity index (χ2n) is 6.85. The Morgan fingerprint density at radius 1 is 1.37 bits per heavy atom. The molecule has 0 radical (unpaired) electrons. The number of carbonyl (C=O) groups is 1. The number of rotatable bonds is 4. The van der Waals surface area contributed by atoms with Crippen LogP contribution >= 0.6 is 0 Å². The molecule has 3 heterocycles. The summed E-state index contributed by atoms with van der Waals surface area (Å²) in [6.45, 7) is 1.26. The Morgan fingerprint density at radius 2 is 2.10 bits per heavy atom. The van der Waals surface area contributed by atoms with Gasteiger partial charge in [-0.25, -0.2) is 9.38 Å². The largest absolute Gasteiger partial charge is 0.452 e. The summed E-state index contributed by atoms with van der Waals surface area (Å²) >= 11 is 0. The molecule has 0 saturated heterocycles. The van der Waals surface area contributed by atoms with Crippen molar-refractivity contribution in [1.29, 1.82) is 5.26 Å². The number of nitriles is 1. The van der Waals surface area contributed by atoms with Crippen molar-refractivity contribution in [2.45, 2.75) is 37.6 Å². The van der Waals surface area contributed by atoms with Crippen molar-refractivity contribution in [3.05, 3.63) is 58.9 Å². The summed E-state index contributed by atoms with van der Waals surface area (Å²) in [4.78, 5) is 24.2. The fraction of sp³-hybridized carbons (Fsp3) is 0.316. The van der Waals surface area contributed by atoms with Crippen LogP contribution in [0.4, 0.5) is 17.6 Å². The fourth-order valence-electron chi connectivity index (χ4n) is 3.03.